The number of hydrogen-bond acceptors (Lipinski definition) is 9. The van der Waals surface area contributed by atoms with Gasteiger partial charge in [-0.1, -0.05) is 0 Å². The smallest absolute Gasteiger partial charge is 0.202 e. The number of aromatic hydroxyl groups is 2. The third kappa shape index (κ3) is 3.83. The highest BCUT2D eigenvalue weighted by Gasteiger charge is 2.37. The highest BCUT2D eigenvalue weighted by molar-refractivity contribution is 5.86. The molecule has 1 aromatic heterocycles. The molecular formula is C21H20O9. The summed E-state index contributed by atoms with van der Waals surface area (Å²) in [5, 5.41) is 48.7. The Bertz CT molecular complexity index is 1110. The summed E-state index contributed by atoms with van der Waals surface area (Å²) < 4.78 is 16.8. The van der Waals surface area contributed by atoms with Crippen LogP contribution < -0.4 is 10.2 Å². The first-order chi connectivity index (χ1) is 14.4. The molecule has 1 aliphatic heterocycles. The molecule has 4 rings (SSSR count). The summed E-state index contributed by atoms with van der Waals surface area (Å²) in [6.45, 7) is -0.508. The Morgan fingerprint density at radius 3 is 2.50 bits per heavy atom. The molecule has 5 N–H and O–H groups in total. The predicted molar refractivity (Wildman–Crippen MR) is 104 cm³/mol. The lowest BCUT2D eigenvalue weighted by Gasteiger charge is -2.36. The normalized spacial score (nSPS) is 24.1. The molecule has 1 fully saturated rings. The van der Waals surface area contributed by atoms with Crippen LogP contribution in [0, 0.1) is 0 Å². The maximum Gasteiger partial charge on any atom is 0.202 e. The fourth-order valence-corrected chi connectivity index (χ4v) is 3.37. The number of aliphatic hydroxyl groups is 3. The second-order valence-corrected chi connectivity index (χ2v) is 7.04. The monoisotopic (exact) mass is 416 g/mol. The molecule has 0 saturated carbocycles. The van der Waals surface area contributed by atoms with Gasteiger partial charge in [-0.15, -0.1) is 0 Å². The largest absolute Gasteiger partial charge is 0.508 e. The van der Waals surface area contributed by atoms with Gasteiger partial charge in [-0.2, -0.15) is 0 Å². The van der Waals surface area contributed by atoms with E-state index < -0.39 is 36.6 Å². The Balaban J connectivity index is 1.68. The molecule has 30 heavy (non-hydrogen) atoms. The molecule has 9 nitrogen and oxygen atoms in total. The van der Waals surface area contributed by atoms with E-state index in [-0.39, 0.29) is 40.4 Å². The molecular weight excluding hydrogens is 396 g/mol. The molecule has 0 spiro atoms. The molecule has 158 valence electrons. The predicted octanol–water partition coefficient (Wildman–Crippen LogP) is 1.08. The number of phenolic OH excluding ortho intramolecular Hbond substituents is 2. The summed E-state index contributed by atoms with van der Waals surface area (Å²) in [5.41, 5.74) is 0.156. The lowest BCUT2D eigenvalue weighted by Crippen LogP contribution is -2.51. The van der Waals surface area contributed by atoms with Gasteiger partial charge in [-0.05, 0) is 24.3 Å². The first-order valence-corrected chi connectivity index (χ1v) is 9.25. The maximum atomic E-state index is 12.5. The molecule has 2 heterocycles. The average Bonchev–Trinajstić information content (AvgIpc) is 2.70. The van der Waals surface area contributed by atoms with E-state index >= 15 is 0 Å². The Morgan fingerprint density at radius 1 is 1.07 bits per heavy atom. The fourth-order valence-electron chi connectivity index (χ4n) is 3.37. The van der Waals surface area contributed by atoms with Crippen LogP contribution in [0.2, 0.25) is 0 Å². The minimum atomic E-state index is -1.24. The minimum absolute atomic E-state index is 0.0295. The van der Waals surface area contributed by atoms with Crippen molar-refractivity contribution in [2.75, 3.05) is 6.61 Å². The van der Waals surface area contributed by atoms with Gasteiger partial charge < -0.3 is 39.4 Å². The molecule has 0 bridgehead atoms. The van der Waals surface area contributed by atoms with Crippen LogP contribution in [0.1, 0.15) is 6.42 Å². The van der Waals surface area contributed by atoms with Crippen molar-refractivity contribution in [3.05, 3.63) is 52.7 Å². The van der Waals surface area contributed by atoms with E-state index in [2.05, 4.69) is 0 Å². The summed E-state index contributed by atoms with van der Waals surface area (Å²) in [7, 11) is 0. The van der Waals surface area contributed by atoms with Gasteiger partial charge >= 0.3 is 0 Å². The zero-order chi connectivity index (χ0) is 21.4. The van der Waals surface area contributed by atoms with Gasteiger partial charge in [0.2, 0.25) is 6.29 Å². The number of phenols is 2. The van der Waals surface area contributed by atoms with Crippen molar-refractivity contribution in [1.29, 1.82) is 0 Å². The van der Waals surface area contributed by atoms with Crippen LogP contribution in [0.25, 0.3) is 22.3 Å². The zero-order valence-electron chi connectivity index (χ0n) is 15.6. The maximum absolute atomic E-state index is 12.5. The van der Waals surface area contributed by atoms with Crippen molar-refractivity contribution in [3.8, 4) is 28.6 Å². The fraction of sp³-hybridized carbons (Fsp3) is 0.286. The second-order valence-electron chi connectivity index (χ2n) is 7.04. The highest BCUT2D eigenvalue weighted by atomic mass is 16.7. The van der Waals surface area contributed by atoms with Gasteiger partial charge in [-0.3, -0.25) is 4.79 Å². The molecule has 4 atom stereocenters. The molecule has 0 radical (unpaired) electrons. The second kappa shape index (κ2) is 7.96. The lowest BCUT2D eigenvalue weighted by molar-refractivity contribution is -0.229. The van der Waals surface area contributed by atoms with E-state index in [0.717, 1.165) is 0 Å². The molecule has 0 amide bonds. The molecule has 0 unspecified atom stereocenters. The molecule has 2 aromatic carbocycles. The number of fused-ring (bicyclic) bond motifs is 1. The molecule has 1 aliphatic rings. The van der Waals surface area contributed by atoms with Crippen LogP contribution in [0.3, 0.4) is 0 Å². The molecule has 1 saturated heterocycles. The summed E-state index contributed by atoms with van der Waals surface area (Å²) >= 11 is 0. The number of benzene rings is 2. The Morgan fingerprint density at radius 2 is 1.80 bits per heavy atom. The van der Waals surface area contributed by atoms with E-state index in [1.54, 1.807) is 12.1 Å². The standard InChI is InChI=1S/C21H20O9/c22-9-18-21(27)15(26)8-19(30-18)28-12-5-13(24)20-14(25)7-16(29-17(20)6-12)10-1-3-11(23)4-2-10/h1-7,15,18-19,21-24,26-27H,8-9H2/t15-,18-,19+,21+/m1/s1. The van der Waals surface area contributed by atoms with E-state index in [1.807, 2.05) is 0 Å². The van der Waals surface area contributed by atoms with E-state index in [1.165, 1.54) is 30.3 Å². The summed E-state index contributed by atoms with van der Waals surface area (Å²) in [6, 6.07) is 9.92. The van der Waals surface area contributed by atoms with Crippen molar-refractivity contribution in [1.82, 2.24) is 0 Å². The van der Waals surface area contributed by atoms with E-state index in [9.17, 15) is 30.3 Å². The van der Waals surface area contributed by atoms with Gasteiger partial charge in [0.05, 0.1) is 12.7 Å². The van der Waals surface area contributed by atoms with Crippen molar-refractivity contribution in [2.24, 2.45) is 0 Å². The van der Waals surface area contributed by atoms with Gasteiger partial charge in [0, 0.05) is 30.2 Å². The minimum Gasteiger partial charge on any atom is -0.508 e. The number of ether oxygens (including phenoxy) is 2. The van der Waals surface area contributed by atoms with Crippen LogP contribution in [0.15, 0.2) is 51.7 Å². The third-order valence-electron chi connectivity index (χ3n) is 4.92. The summed E-state index contributed by atoms with van der Waals surface area (Å²) in [6.07, 6.45) is -4.48. The van der Waals surface area contributed by atoms with Gasteiger partial charge in [0.1, 0.15) is 46.2 Å². The van der Waals surface area contributed by atoms with E-state index in [4.69, 9.17) is 13.9 Å². The van der Waals surface area contributed by atoms with Gasteiger partial charge in [0.25, 0.3) is 0 Å². The molecule has 9 heteroatoms. The Labute approximate surface area is 170 Å². The van der Waals surface area contributed by atoms with Crippen molar-refractivity contribution < 1.29 is 39.4 Å². The van der Waals surface area contributed by atoms with Crippen LogP contribution in [-0.4, -0.2) is 56.7 Å². The zero-order valence-corrected chi connectivity index (χ0v) is 15.6. The van der Waals surface area contributed by atoms with Crippen molar-refractivity contribution >= 4 is 11.0 Å². The first kappa shape index (κ1) is 20.2. The third-order valence-corrected chi connectivity index (χ3v) is 4.92. The van der Waals surface area contributed by atoms with Crippen LogP contribution >= 0.6 is 0 Å². The Kier molecular flexibility index (Phi) is 5.35. The topological polar surface area (TPSA) is 150 Å². The summed E-state index contributed by atoms with van der Waals surface area (Å²) in [4.78, 5) is 12.5. The number of rotatable bonds is 4. The number of aliphatic hydroxyl groups excluding tert-OH is 3. The van der Waals surface area contributed by atoms with Crippen LogP contribution in [-0.2, 0) is 4.74 Å². The first-order valence-electron chi connectivity index (χ1n) is 9.25. The summed E-state index contributed by atoms with van der Waals surface area (Å²) in [5.74, 6) is 0.0490. The quantitative estimate of drug-likeness (QED) is 0.421. The van der Waals surface area contributed by atoms with Gasteiger partial charge in [-0.25, -0.2) is 0 Å². The van der Waals surface area contributed by atoms with Crippen molar-refractivity contribution in [3.63, 3.8) is 0 Å². The number of hydrogen-bond donors (Lipinski definition) is 5. The van der Waals surface area contributed by atoms with Crippen LogP contribution in [0.5, 0.6) is 17.2 Å². The van der Waals surface area contributed by atoms with Crippen molar-refractivity contribution in [2.45, 2.75) is 31.0 Å². The van der Waals surface area contributed by atoms with Crippen LogP contribution in [0.4, 0.5) is 0 Å². The van der Waals surface area contributed by atoms with Gasteiger partial charge in [0.15, 0.2) is 5.43 Å². The van der Waals surface area contributed by atoms with E-state index in [0.29, 0.717) is 5.56 Å². The molecule has 0 aliphatic carbocycles. The Hall–Kier alpha value is -3.11. The SMILES string of the molecule is O=c1cc(-c2ccc(O)cc2)oc2cc(O[C@@H]3C[C@@H](O)[C@H](O)[C@@H](CO)O3)cc(O)c12. The highest BCUT2D eigenvalue weighted by Crippen LogP contribution is 2.33. The lowest BCUT2D eigenvalue weighted by atomic mass is 10.0. The average molecular weight is 416 g/mol. The molecule has 3 aromatic rings.